The van der Waals surface area contributed by atoms with Gasteiger partial charge in [0, 0.05) is 17.8 Å². The first-order valence-corrected chi connectivity index (χ1v) is 8.83. The van der Waals surface area contributed by atoms with Gasteiger partial charge in [0.1, 0.15) is 0 Å². The van der Waals surface area contributed by atoms with E-state index >= 15 is 0 Å². The van der Waals surface area contributed by atoms with Crippen LogP contribution in [0, 0.1) is 0 Å². The Balaban J connectivity index is 2.67. The first-order chi connectivity index (χ1) is 9.96. The van der Waals surface area contributed by atoms with Crippen LogP contribution in [0.3, 0.4) is 0 Å². The maximum Gasteiger partial charge on any atom is 0.161 e. The van der Waals surface area contributed by atoms with Gasteiger partial charge in [-0.2, -0.15) is 11.8 Å². The average molecular weight is 311 g/mol. The minimum absolute atomic E-state index is 0.109. The largest absolute Gasteiger partial charge is 0.490 e. The normalized spacial score (nSPS) is 11.5. The standard InChI is InChI=1S/C17H29NO2S/c1-6-19-16-12-14(13-18-17(3,4)5)8-9-15(16)20-10-11-21-7-2/h8-9,12,18H,6-7,10-11,13H2,1-5H3. The van der Waals surface area contributed by atoms with E-state index in [0.717, 1.165) is 36.2 Å². The molecule has 120 valence electrons. The molecule has 1 rings (SSSR count). The number of nitrogens with one attached hydrogen (secondary N) is 1. The van der Waals surface area contributed by atoms with Crippen molar-refractivity contribution in [3.63, 3.8) is 0 Å². The lowest BCUT2D eigenvalue weighted by molar-refractivity contribution is 0.289. The molecule has 0 aliphatic carbocycles. The Morgan fingerprint density at radius 2 is 1.86 bits per heavy atom. The summed E-state index contributed by atoms with van der Waals surface area (Å²) in [5, 5.41) is 3.49. The third-order valence-electron chi connectivity index (χ3n) is 2.82. The Morgan fingerprint density at radius 1 is 1.10 bits per heavy atom. The summed E-state index contributed by atoms with van der Waals surface area (Å²) >= 11 is 1.88. The highest BCUT2D eigenvalue weighted by atomic mass is 32.2. The highest BCUT2D eigenvalue weighted by molar-refractivity contribution is 7.99. The monoisotopic (exact) mass is 311 g/mol. The molecular weight excluding hydrogens is 282 g/mol. The number of hydrogen-bond acceptors (Lipinski definition) is 4. The molecule has 0 aliphatic rings. The molecule has 1 aromatic carbocycles. The molecule has 0 bridgehead atoms. The van der Waals surface area contributed by atoms with Gasteiger partial charge in [0.2, 0.25) is 0 Å². The second-order valence-corrected chi connectivity index (χ2v) is 7.26. The zero-order valence-electron chi connectivity index (χ0n) is 14.0. The molecule has 0 unspecified atom stereocenters. The first kappa shape index (κ1) is 18.2. The predicted octanol–water partition coefficient (Wildman–Crippen LogP) is 4.11. The summed E-state index contributed by atoms with van der Waals surface area (Å²) in [7, 11) is 0. The number of hydrogen-bond donors (Lipinski definition) is 1. The molecule has 0 saturated carbocycles. The Morgan fingerprint density at radius 3 is 2.48 bits per heavy atom. The molecule has 0 fully saturated rings. The average Bonchev–Trinajstić information content (AvgIpc) is 2.42. The summed E-state index contributed by atoms with van der Waals surface area (Å²) in [4.78, 5) is 0. The van der Waals surface area contributed by atoms with Gasteiger partial charge in [0.15, 0.2) is 11.5 Å². The number of rotatable bonds is 9. The van der Waals surface area contributed by atoms with Crippen molar-refractivity contribution in [3.8, 4) is 11.5 Å². The van der Waals surface area contributed by atoms with Crippen LogP contribution in [0.25, 0.3) is 0 Å². The van der Waals surface area contributed by atoms with Crippen molar-refractivity contribution >= 4 is 11.8 Å². The molecule has 0 aliphatic heterocycles. The van der Waals surface area contributed by atoms with Crippen LogP contribution < -0.4 is 14.8 Å². The third-order valence-corrected chi connectivity index (χ3v) is 3.68. The quantitative estimate of drug-likeness (QED) is 0.695. The molecule has 0 amide bonds. The molecular formula is C17H29NO2S. The van der Waals surface area contributed by atoms with Gasteiger partial charge in [-0.25, -0.2) is 0 Å². The minimum atomic E-state index is 0.109. The third kappa shape index (κ3) is 7.63. The summed E-state index contributed by atoms with van der Waals surface area (Å²) in [5.41, 5.74) is 1.32. The molecule has 0 radical (unpaired) electrons. The molecule has 3 nitrogen and oxygen atoms in total. The van der Waals surface area contributed by atoms with E-state index in [1.54, 1.807) is 0 Å². The van der Waals surface area contributed by atoms with E-state index in [1.165, 1.54) is 5.56 Å². The van der Waals surface area contributed by atoms with E-state index in [1.807, 2.05) is 24.8 Å². The summed E-state index contributed by atoms with van der Waals surface area (Å²) in [6.07, 6.45) is 0. The van der Waals surface area contributed by atoms with Crippen molar-refractivity contribution in [2.45, 2.75) is 46.7 Å². The zero-order valence-corrected chi connectivity index (χ0v) is 14.8. The van der Waals surface area contributed by atoms with E-state index in [9.17, 15) is 0 Å². The molecule has 1 aromatic rings. The second kappa shape index (κ2) is 9.21. The van der Waals surface area contributed by atoms with E-state index in [4.69, 9.17) is 9.47 Å². The first-order valence-electron chi connectivity index (χ1n) is 7.67. The van der Waals surface area contributed by atoms with Crippen LogP contribution in [-0.4, -0.2) is 30.3 Å². The van der Waals surface area contributed by atoms with Crippen LogP contribution in [-0.2, 0) is 6.54 Å². The topological polar surface area (TPSA) is 30.5 Å². The lowest BCUT2D eigenvalue weighted by atomic mass is 10.1. The zero-order chi connectivity index (χ0) is 15.7. The van der Waals surface area contributed by atoms with Gasteiger partial charge in [-0.1, -0.05) is 13.0 Å². The molecule has 0 atom stereocenters. The second-order valence-electron chi connectivity index (χ2n) is 5.86. The van der Waals surface area contributed by atoms with Crippen LogP contribution >= 0.6 is 11.8 Å². The fourth-order valence-corrected chi connectivity index (χ4v) is 2.26. The van der Waals surface area contributed by atoms with Gasteiger partial charge >= 0.3 is 0 Å². The van der Waals surface area contributed by atoms with Crippen molar-refractivity contribution in [2.24, 2.45) is 0 Å². The van der Waals surface area contributed by atoms with Crippen LogP contribution in [0.15, 0.2) is 18.2 Å². The Hall–Kier alpha value is -0.870. The highest BCUT2D eigenvalue weighted by Gasteiger charge is 2.11. The SMILES string of the molecule is CCOc1cc(CNC(C)(C)C)ccc1OCCSCC. The highest BCUT2D eigenvalue weighted by Crippen LogP contribution is 2.28. The maximum atomic E-state index is 5.83. The summed E-state index contributed by atoms with van der Waals surface area (Å²) in [5.74, 6) is 3.81. The smallest absolute Gasteiger partial charge is 0.161 e. The lowest BCUT2D eigenvalue weighted by Crippen LogP contribution is -2.35. The van der Waals surface area contributed by atoms with Crippen molar-refractivity contribution in [1.29, 1.82) is 0 Å². The molecule has 0 spiro atoms. The predicted molar refractivity (Wildman–Crippen MR) is 92.7 cm³/mol. The number of benzene rings is 1. The van der Waals surface area contributed by atoms with Crippen molar-refractivity contribution in [3.05, 3.63) is 23.8 Å². The van der Waals surface area contributed by atoms with E-state index < -0.39 is 0 Å². The molecule has 0 saturated heterocycles. The Labute approximate surface area is 133 Å². The van der Waals surface area contributed by atoms with Gasteiger partial charge < -0.3 is 14.8 Å². The van der Waals surface area contributed by atoms with E-state index in [2.05, 4.69) is 45.1 Å². The molecule has 1 N–H and O–H groups in total. The number of ether oxygens (including phenoxy) is 2. The van der Waals surface area contributed by atoms with E-state index in [-0.39, 0.29) is 5.54 Å². The summed E-state index contributed by atoms with van der Waals surface area (Å²) < 4.78 is 11.5. The maximum absolute atomic E-state index is 5.83. The fraction of sp³-hybridized carbons (Fsp3) is 0.647. The molecule has 0 aromatic heterocycles. The minimum Gasteiger partial charge on any atom is -0.490 e. The summed E-state index contributed by atoms with van der Waals surface area (Å²) in [6.45, 7) is 12.9. The Kier molecular flexibility index (Phi) is 7.97. The summed E-state index contributed by atoms with van der Waals surface area (Å²) in [6, 6.07) is 6.19. The fourth-order valence-electron chi connectivity index (χ4n) is 1.77. The van der Waals surface area contributed by atoms with Crippen molar-refractivity contribution < 1.29 is 9.47 Å². The Bertz CT molecular complexity index is 416. The lowest BCUT2D eigenvalue weighted by Gasteiger charge is -2.21. The molecule has 4 heteroatoms. The van der Waals surface area contributed by atoms with E-state index in [0.29, 0.717) is 6.61 Å². The van der Waals surface area contributed by atoms with Gasteiger partial charge in [0.25, 0.3) is 0 Å². The van der Waals surface area contributed by atoms with Gasteiger partial charge in [-0.05, 0) is 51.1 Å². The van der Waals surface area contributed by atoms with Crippen LogP contribution in [0.2, 0.25) is 0 Å². The van der Waals surface area contributed by atoms with Crippen LogP contribution in [0.4, 0.5) is 0 Å². The van der Waals surface area contributed by atoms with Gasteiger partial charge in [0.05, 0.1) is 13.2 Å². The molecule has 21 heavy (non-hydrogen) atoms. The van der Waals surface area contributed by atoms with Crippen molar-refractivity contribution in [2.75, 3.05) is 24.7 Å². The van der Waals surface area contributed by atoms with Crippen molar-refractivity contribution in [1.82, 2.24) is 5.32 Å². The van der Waals surface area contributed by atoms with Crippen LogP contribution in [0.5, 0.6) is 11.5 Å². The number of thioether (sulfide) groups is 1. The van der Waals surface area contributed by atoms with Gasteiger partial charge in [-0.3, -0.25) is 0 Å². The van der Waals surface area contributed by atoms with Gasteiger partial charge in [-0.15, -0.1) is 0 Å². The molecule has 0 heterocycles. The van der Waals surface area contributed by atoms with Crippen LogP contribution in [0.1, 0.15) is 40.2 Å².